The molecule has 0 bridgehead atoms. The largest absolute Gasteiger partial charge is 0.490 e. The number of carbonyl (C=O) groups is 3. The Hall–Kier alpha value is -3.13. The monoisotopic (exact) mass is 462 g/mol. The predicted molar refractivity (Wildman–Crippen MR) is 117 cm³/mol. The van der Waals surface area contributed by atoms with Crippen LogP contribution in [0.3, 0.4) is 0 Å². The summed E-state index contributed by atoms with van der Waals surface area (Å²) < 4.78 is 19.0. The minimum Gasteiger partial charge on any atom is -0.490 e. The predicted octanol–water partition coefficient (Wildman–Crippen LogP) is 3.66. The molecule has 2 amide bonds. The van der Waals surface area contributed by atoms with Crippen LogP contribution in [0, 0.1) is 11.7 Å². The molecule has 7 nitrogen and oxygen atoms in total. The van der Waals surface area contributed by atoms with Crippen molar-refractivity contribution in [3.8, 4) is 5.75 Å². The molecule has 1 fully saturated rings. The molecule has 32 heavy (non-hydrogen) atoms. The Bertz CT molecular complexity index is 975. The number of nitrogens with one attached hydrogen (secondary N) is 2. The number of amides is 2. The van der Waals surface area contributed by atoms with Crippen molar-refractivity contribution >= 4 is 29.4 Å². The fourth-order valence-electron chi connectivity index (χ4n) is 3.53. The first-order valence-electron chi connectivity index (χ1n) is 10.3. The molecule has 0 heterocycles. The van der Waals surface area contributed by atoms with Crippen LogP contribution in [0.1, 0.15) is 46.4 Å². The lowest BCUT2D eigenvalue weighted by Crippen LogP contribution is -2.34. The van der Waals surface area contributed by atoms with Gasteiger partial charge in [0.1, 0.15) is 11.6 Å². The first-order chi connectivity index (χ1) is 15.3. The third-order valence-corrected chi connectivity index (χ3v) is 5.63. The zero-order valence-corrected chi connectivity index (χ0v) is 18.0. The maximum absolute atomic E-state index is 13.1. The SMILES string of the molecule is O=C(NCCNC(=O)c1ccc(F)cc1Cl)c1ccc(OC2CCC(C(=O)O)CC2)cc1. The van der Waals surface area contributed by atoms with Gasteiger partial charge < -0.3 is 20.5 Å². The summed E-state index contributed by atoms with van der Waals surface area (Å²) in [4.78, 5) is 35.4. The molecule has 0 spiro atoms. The second kappa shape index (κ2) is 10.9. The van der Waals surface area contributed by atoms with Crippen LogP contribution in [0.15, 0.2) is 42.5 Å². The summed E-state index contributed by atoms with van der Waals surface area (Å²) in [7, 11) is 0. The van der Waals surface area contributed by atoms with Crippen LogP contribution < -0.4 is 15.4 Å². The lowest BCUT2D eigenvalue weighted by Gasteiger charge is -2.26. The minimum atomic E-state index is -0.752. The third-order valence-electron chi connectivity index (χ3n) is 5.31. The van der Waals surface area contributed by atoms with Gasteiger partial charge in [0.25, 0.3) is 11.8 Å². The number of aliphatic carboxylic acids is 1. The van der Waals surface area contributed by atoms with E-state index in [1.54, 1.807) is 24.3 Å². The molecule has 2 aromatic rings. The maximum Gasteiger partial charge on any atom is 0.306 e. The highest BCUT2D eigenvalue weighted by Crippen LogP contribution is 2.28. The number of ether oxygens (including phenoxy) is 1. The van der Waals surface area contributed by atoms with E-state index in [-0.39, 0.29) is 41.6 Å². The van der Waals surface area contributed by atoms with Crippen molar-refractivity contribution in [2.45, 2.75) is 31.8 Å². The molecule has 3 N–H and O–H groups in total. The van der Waals surface area contributed by atoms with E-state index in [9.17, 15) is 18.8 Å². The van der Waals surface area contributed by atoms with E-state index in [0.717, 1.165) is 12.1 Å². The maximum atomic E-state index is 13.1. The molecule has 0 saturated heterocycles. The molecule has 0 unspecified atom stereocenters. The van der Waals surface area contributed by atoms with Gasteiger partial charge in [0.15, 0.2) is 0 Å². The second-order valence-corrected chi connectivity index (χ2v) is 8.00. The second-order valence-electron chi connectivity index (χ2n) is 7.59. The summed E-state index contributed by atoms with van der Waals surface area (Å²) in [5, 5.41) is 14.4. The Morgan fingerprint density at radius 3 is 2.19 bits per heavy atom. The van der Waals surface area contributed by atoms with Crippen molar-refractivity contribution in [1.29, 1.82) is 0 Å². The standard InChI is InChI=1S/C23H24ClFN2O5/c24-20-13-16(25)5-10-19(20)22(29)27-12-11-26-21(28)14-1-6-17(7-2-14)32-18-8-3-15(4-9-18)23(30)31/h1-2,5-7,10,13,15,18H,3-4,8-9,11-12H2,(H,26,28)(H,27,29)(H,30,31). The number of carboxylic acid groups (broad SMARTS) is 1. The Kier molecular flexibility index (Phi) is 8.05. The Labute approximate surface area is 189 Å². The molecule has 0 atom stereocenters. The Balaban J connectivity index is 1.40. The van der Waals surface area contributed by atoms with Crippen LogP contribution in [0.2, 0.25) is 5.02 Å². The van der Waals surface area contributed by atoms with Gasteiger partial charge in [-0.3, -0.25) is 14.4 Å². The summed E-state index contributed by atoms with van der Waals surface area (Å²) in [6, 6.07) is 10.2. The van der Waals surface area contributed by atoms with E-state index >= 15 is 0 Å². The molecule has 9 heteroatoms. The van der Waals surface area contributed by atoms with Gasteiger partial charge in [-0.25, -0.2) is 4.39 Å². The van der Waals surface area contributed by atoms with Gasteiger partial charge in [-0.2, -0.15) is 0 Å². The van der Waals surface area contributed by atoms with Crippen LogP contribution in [0.25, 0.3) is 0 Å². The summed E-state index contributed by atoms with van der Waals surface area (Å²) in [6.07, 6.45) is 2.56. The van der Waals surface area contributed by atoms with Gasteiger partial charge in [0, 0.05) is 18.7 Å². The molecular formula is C23H24ClFN2O5. The van der Waals surface area contributed by atoms with Crippen molar-refractivity contribution in [2.24, 2.45) is 5.92 Å². The first-order valence-corrected chi connectivity index (χ1v) is 10.7. The molecule has 2 aromatic carbocycles. The number of benzene rings is 2. The summed E-state index contributed by atoms with van der Waals surface area (Å²) >= 11 is 5.86. The molecule has 1 saturated carbocycles. The van der Waals surface area contributed by atoms with E-state index < -0.39 is 17.7 Å². The number of carbonyl (C=O) groups excluding carboxylic acids is 2. The quantitative estimate of drug-likeness (QED) is 0.519. The summed E-state index contributed by atoms with van der Waals surface area (Å²) in [5.74, 6) is -1.70. The molecule has 3 rings (SSSR count). The van der Waals surface area contributed by atoms with Crippen LogP contribution in [0.5, 0.6) is 5.75 Å². The minimum absolute atomic E-state index is 0.0174. The summed E-state index contributed by atoms with van der Waals surface area (Å²) in [5.41, 5.74) is 0.603. The van der Waals surface area contributed by atoms with E-state index in [1.165, 1.54) is 6.07 Å². The zero-order valence-electron chi connectivity index (χ0n) is 17.3. The number of halogens is 2. The zero-order chi connectivity index (χ0) is 23.1. The lowest BCUT2D eigenvalue weighted by atomic mass is 9.87. The molecule has 170 valence electrons. The average Bonchev–Trinajstić information content (AvgIpc) is 2.77. The van der Waals surface area contributed by atoms with Gasteiger partial charge in [-0.15, -0.1) is 0 Å². The van der Waals surface area contributed by atoms with E-state index in [4.69, 9.17) is 21.4 Å². The first kappa shape index (κ1) is 23.5. The van der Waals surface area contributed by atoms with Crippen molar-refractivity contribution < 1.29 is 28.6 Å². The highest BCUT2D eigenvalue weighted by atomic mass is 35.5. The van der Waals surface area contributed by atoms with Gasteiger partial charge >= 0.3 is 5.97 Å². The van der Waals surface area contributed by atoms with Crippen molar-refractivity contribution in [3.05, 3.63) is 64.4 Å². The number of carboxylic acids is 1. The summed E-state index contributed by atoms with van der Waals surface area (Å²) in [6.45, 7) is 0.382. The van der Waals surface area contributed by atoms with Gasteiger partial charge in [0.05, 0.1) is 22.6 Å². The number of rotatable bonds is 8. The van der Waals surface area contributed by atoms with Crippen LogP contribution >= 0.6 is 11.6 Å². The molecule has 1 aliphatic carbocycles. The normalized spacial score (nSPS) is 17.9. The molecular weight excluding hydrogens is 439 g/mol. The Morgan fingerprint density at radius 1 is 0.969 bits per heavy atom. The fourth-order valence-corrected chi connectivity index (χ4v) is 3.78. The van der Waals surface area contributed by atoms with Gasteiger partial charge in [-0.05, 0) is 68.1 Å². The topological polar surface area (TPSA) is 105 Å². The molecule has 0 radical (unpaired) electrons. The number of hydrogen-bond acceptors (Lipinski definition) is 4. The van der Waals surface area contributed by atoms with E-state index in [0.29, 0.717) is 37.0 Å². The van der Waals surface area contributed by atoms with Crippen LogP contribution in [0.4, 0.5) is 4.39 Å². The van der Waals surface area contributed by atoms with E-state index in [2.05, 4.69) is 10.6 Å². The Morgan fingerprint density at radius 2 is 1.59 bits per heavy atom. The molecule has 0 aliphatic heterocycles. The average molecular weight is 463 g/mol. The van der Waals surface area contributed by atoms with Gasteiger partial charge in [-0.1, -0.05) is 11.6 Å². The number of hydrogen-bond donors (Lipinski definition) is 3. The fraction of sp³-hybridized carbons (Fsp3) is 0.348. The smallest absolute Gasteiger partial charge is 0.306 e. The van der Waals surface area contributed by atoms with Crippen molar-refractivity contribution in [1.82, 2.24) is 10.6 Å². The van der Waals surface area contributed by atoms with E-state index in [1.807, 2.05) is 0 Å². The van der Waals surface area contributed by atoms with Crippen molar-refractivity contribution in [3.63, 3.8) is 0 Å². The third kappa shape index (κ3) is 6.43. The van der Waals surface area contributed by atoms with Crippen molar-refractivity contribution in [2.75, 3.05) is 13.1 Å². The van der Waals surface area contributed by atoms with Crippen LogP contribution in [-0.4, -0.2) is 42.1 Å². The van der Waals surface area contributed by atoms with Gasteiger partial charge in [0.2, 0.25) is 0 Å². The molecule has 1 aliphatic rings. The van der Waals surface area contributed by atoms with Crippen LogP contribution in [-0.2, 0) is 4.79 Å². The lowest BCUT2D eigenvalue weighted by molar-refractivity contribution is -0.143. The highest BCUT2D eigenvalue weighted by Gasteiger charge is 2.26. The highest BCUT2D eigenvalue weighted by molar-refractivity contribution is 6.33. The molecule has 0 aromatic heterocycles.